The van der Waals surface area contributed by atoms with Crippen LogP contribution < -0.4 is 10.9 Å². The molecule has 0 aliphatic carbocycles. The van der Waals surface area contributed by atoms with Crippen molar-refractivity contribution in [2.24, 2.45) is 0 Å². The molecular weight excluding hydrogens is 274 g/mol. The topological polar surface area (TPSA) is 64.0 Å². The molecule has 1 aromatic rings. The number of rotatable bonds is 4. The molecule has 1 heterocycles. The van der Waals surface area contributed by atoms with Gasteiger partial charge in [-0.1, -0.05) is 0 Å². The van der Waals surface area contributed by atoms with Crippen molar-refractivity contribution in [2.75, 3.05) is 6.54 Å². The molecule has 1 N–H and O–H groups in total. The Hall–Kier alpha value is -1.17. The number of halogens is 1. The minimum Gasteiger partial charge on any atom is -0.356 e. The molecule has 0 saturated heterocycles. The molecule has 0 bridgehead atoms. The Morgan fingerprint density at radius 3 is 2.94 bits per heavy atom. The quantitative estimate of drug-likeness (QED) is 0.893. The third-order valence-corrected chi connectivity index (χ3v) is 2.69. The number of nitrogens with one attached hydrogen (secondary N) is 1. The predicted molar refractivity (Wildman–Crippen MR) is 64.2 cm³/mol. The summed E-state index contributed by atoms with van der Waals surface area (Å²) in [6, 6.07) is 0. The Morgan fingerprint density at radius 1 is 1.62 bits per heavy atom. The maximum Gasteiger partial charge on any atom is 0.267 e. The molecule has 1 amide bonds. The Morgan fingerprint density at radius 2 is 2.31 bits per heavy atom. The van der Waals surface area contributed by atoms with Crippen molar-refractivity contribution >= 4 is 21.8 Å². The van der Waals surface area contributed by atoms with Crippen LogP contribution in [-0.2, 0) is 11.3 Å². The van der Waals surface area contributed by atoms with E-state index in [9.17, 15) is 9.59 Å². The molecule has 88 valence electrons. The van der Waals surface area contributed by atoms with Gasteiger partial charge in [0, 0.05) is 25.7 Å². The fourth-order valence-electron chi connectivity index (χ4n) is 1.31. The third-order valence-electron chi connectivity index (χ3n) is 2.14. The van der Waals surface area contributed by atoms with Crippen molar-refractivity contribution in [3.63, 3.8) is 0 Å². The van der Waals surface area contributed by atoms with Crippen molar-refractivity contribution < 1.29 is 4.79 Å². The molecule has 1 aromatic heterocycles. The molecule has 0 aromatic carbocycles. The summed E-state index contributed by atoms with van der Waals surface area (Å²) in [5.41, 5.74) is -0.156. The molecule has 0 aliphatic rings. The second kappa shape index (κ2) is 5.79. The largest absolute Gasteiger partial charge is 0.356 e. The first-order chi connectivity index (χ1) is 7.56. The zero-order chi connectivity index (χ0) is 12.1. The van der Waals surface area contributed by atoms with E-state index in [0.29, 0.717) is 23.4 Å². The number of hydrogen-bond donors (Lipinski definition) is 1. The van der Waals surface area contributed by atoms with Gasteiger partial charge in [-0.05, 0) is 29.8 Å². The molecule has 0 radical (unpaired) electrons. The first-order valence-electron chi connectivity index (χ1n) is 5.05. The van der Waals surface area contributed by atoms with Crippen LogP contribution in [-0.4, -0.2) is 22.0 Å². The van der Waals surface area contributed by atoms with Crippen LogP contribution in [0.1, 0.15) is 19.2 Å². The van der Waals surface area contributed by atoms with Crippen molar-refractivity contribution in [2.45, 2.75) is 26.8 Å². The van der Waals surface area contributed by atoms with Gasteiger partial charge in [-0.3, -0.25) is 14.2 Å². The maximum absolute atomic E-state index is 11.7. The van der Waals surface area contributed by atoms with E-state index in [1.54, 1.807) is 6.92 Å². The molecular formula is C10H14BrN3O2. The summed E-state index contributed by atoms with van der Waals surface area (Å²) in [5.74, 6) is 0.547. The Labute approximate surface area is 102 Å². The molecule has 0 fully saturated rings. The summed E-state index contributed by atoms with van der Waals surface area (Å²) in [6.07, 6.45) is 1.76. The van der Waals surface area contributed by atoms with E-state index < -0.39 is 0 Å². The van der Waals surface area contributed by atoms with E-state index in [0.717, 1.165) is 0 Å². The fourth-order valence-corrected chi connectivity index (χ4v) is 1.63. The van der Waals surface area contributed by atoms with Crippen LogP contribution >= 0.6 is 15.9 Å². The average molecular weight is 288 g/mol. The summed E-state index contributed by atoms with van der Waals surface area (Å²) < 4.78 is 1.90. The highest BCUT2D eigenvalue weighted by Crippen LogP contribution is 2.02. The predicted octanol–water partition coefficient (Wildman–Crippen LogP) is 0.840. The van der Waals surface area contributed by atoms with Crippen LogP contribution in [0.4, 0.5) is 0 Å². The van der Waals surface area contributed by atoms with E-state index in [4.69, 9.17) is 0 Å². The number of aryl methyl sites for hydroxylation is 1. The highest BCUT2D eigenvalue weighted by molar-refractivity contribution is 9.10. The number of aromatic nitrogens is 2. The zero-order valence-corrected chi connectivity index (χ0v) is 10.9. The second-order valence-electron chi connectivity index (χ2n) is 3.31. The smallest absolute Gasteiger partial charge is 0.267 e. The maximum atomic E-state index is 11.7. The molecule has 0 aliphatic heterocycles. The van der Waals surface area contributed by atoms with Gasteiger partial charge in [0.1, 0.15) is 10.3 Å². The molecule has 0 unspecified atom stereocenters. The van der Waals surface area contributed by atoms with Gasteiger partial charge in [-0.2, -0.15) is 0 Å². The van der Waals surface area contributed by atoms with E-state index in [1.165, 1.54) is 10.8 Å². The Balaban J connectivity index is 2.78. The highest BCUT2D eigenvalue weighted by Gasteiger charge is 2.07. The van der Waals surface area contributed by atoms with Gasteiger partial charge in [-0.15, -0.1) is 0 Å². The van der Waals surface area contributed by atoms with Crippen LogP contribution in [0, 0.1) is 6.92 Å². The van der Waals surface area contributed by atoms with Gasteiger partial charge in [0.15, 0.2) is 0 Å². The van der Waals surface area contributed by atoms with Gasteiger partial charge in [0.25, 0.3) is 5.56 Å². The van der Waals surface area contributed by atoms with Crippen molar-refractivity contribution in [1.82, 2.24) is 14.9 Å². The van der Waals surface area contributed by atoms with Crippen molar-refractivity contribution in [1.29, 1.82) is 0 Å². The summed E-state index contributed by atoms with van der Waals surface area (Å²) >= 11 is 3.12. The normalized spacial score (nSPS) is 10.2. The monoisotopic (exact) mass is 287 g/mol. The number of hydrogen-bond acceptors (Lipinski definition) is 3. The summed E-state index contributed by atoms with van der Waals surface area (Å²) in [7, 11) is 0. The first-order valence-corrected chi connectivity index (χ1v) is 5.84. The average Bonchev–Trinajstić information content (AvgIpc) is 2.24. The lowest BCUT2D eigenvalue weighted by molar-refractivity contribution is -0.121. The molecule has 0 spiro atoms. The number of amides is 1. The fraction of sp³-hybridized carbons (Fsp3) is 0.500. The van der Waals surface area contributed by atoms with Gasteiger partial charge in [0.2, 0.25) is 5.91 Å². The van der Waals surface area contributed by atoms with Gasteiger partial charge in [0.05, 0.1) is 0 Å². The SMILES string of the molecule is CCNC(=O)CCn1c(C)ncc(Br)c1=O. The molecule has 0 atom stereocenters. The van der Waals surface area contributed by atoms with E-state index >= 15 is 0 Å². The van der Waals surface area contributed by atoms with E-state index in [2.05, 4.69) is 26.2 Å². The van der Waals surface area contributed by atoms with E-state index in [-0.39, 0.29) is 17.9 Å². The lowest BCUT2D eigenvalue weighted by Crippen LogP contribution is -2.29. The lowest BCUT2D eigenvalue weighted by atomic mass is 10.3. The summed E-state index contributed by atoms with van der Waals surface area (Å²) in [4.78, 5) is 27.0. The molecule has 1 rings (SSSR count). The van der Waals surface area contributed by atoms with Crippen LogP contribution in [0.5, 0.6) is 0 Å². The molecule has 6 heteroatoms. The lowest BCUT2D eigenvalue weighted by Gasteiger charge is -2.08. The zero-order valence-electron chi connectivity index (χ0n) is 9.29. The second-order valence-corrected chi connectivity index (χ2v) is 4.17. The van der Waals surface area contributed by atoms with Crippen LogP contribution in [0.15, 0.2) is 15.5 Å². The molecule has 16 heavy (non-hydrogen) atoms. The molecule has 5 nitrogen and oxygen atoms in total. The minimum atomic E-state index is -0.156. The van der Waals surface area contributed by atoms with Crippen LogP contribution in [0.2, 0.25) is 0 Å². The van der Waals surface area contributed by atoms with Gasteiger partial charge in [-0.25, -0.2) is 4.98 Å². The summed E-state index contributed by atoms with van der Waals surface area (Å²) in [6.45, 7) is 4.55. The first kappa shape index (κ1) is 12.9. The van der Waals surface area contributed by atoms with Gasteiger partial charge >= 0.3 is 0 Å². The van der Waals surface area contributed by atoms with Crippen LogP contribution in [0.3, 0.4) is 0 Å². The number of carbonyl (C=O) groups excluding carboxylic acids is 1. The van der Waals surface area contributed by atoms with E-state index in [1.807, 2.05) is 6.92 Å². The van der Waals surface area contributed by atoms with Crippen LogP contribution in [0.25, 0.3) is 0 Å². The number of carbonyl (C=O) groups is 1. The minimum absolute atomic E-state index is 0.0613. The standard InChI is InChI=1S/C10H14BrN3O2/c1-3-12-9(15)4-5-14-7(2)13-6-8(11)10(14)16/h6H,3-5H2,1-2H3,(H,12,15). The van der Waals surface area contributed by atoms with Crippen molar-refractivity contribution in [3.05, 3.63) is 26.8 Å². The third kappa shape index (κ3) is 3.16. The molecule has 0 saturated carbocycles. The van der Waals surface area contributed by atoms with Crippen molar-refractivity contribution in [3.8, 4) is 0 Å². The number of nitrogens with zero attached hydrogens (tertiary/aromatic N) is 2. The highest BCUT2D eigenvalue weighted by atomic mass is 79.9. The Bertz CT molecular complexity index is 442. The Kier molecular flexibility index (Phi) is 4.67. The van der Waals surface area contributed by atoms with Gasteiger partial charge < -0.3 is 5.32 Å². The summed E-state index contributed by atoms with van der Waals surface area (Å²) in [5, 5.41) is 2.68.